The molecule has 0 aliphatic carbocycles. The van der Waals surface area contributed by atoms with Crippen molar-refractivity contribution >= 4 is 35.0 Å². The third-order valence-electron chi connectivity index (χ3n) is 7.42. The van der Waals surface area contributed by atoms with Crippen LogP contribution in [0.4, 0.5) is 18.0 Å². The van der Waals surface area contributed by atoms with Gasteiger partial charge in [-0.05, 0) is 106 Å². The lowest BCUT2D eigenvalue weighted by molar-refractivity contribution is -0.143. The van der Waals surface area contributed by atoms with E-state index in [1.807, 2.05) is 20.8 Å². The average molecular weight is 622 g/mol. The topological polar surface area (TPSA) is 100 Å². The first kappa shape index (κ1) is 32.2. The zero-order valence-corrected chi connectivity index (χ0v) is 25.5. The number of esters is 1. The smallest absolute Gasteiger partial charge is 0.419 e. The quantitative estimate of drug-likeness (QED) is 0.175. The molecule has 1 unspecified atom stereocenters. The third-order valence-corrected chi connectivity index (χ3v) is 8.23. The highest BCUT2D eigenvalue weighted by Crippen LogP contribution is 2.44. The van der Waals surface area contributed by atoms with Crippen LogP contribution in [0.1, 0.15) is 66.5 Å². The Bertz CT molecular complexity index is 1470. The number of amides is 2. The fourth-order valence-electron chi connectivity index (χ4n) is 5.01. The van der Waals surface area contributed by atoms with Crippen molar-refractivity contribution in [2.45, 2.75) is 72.1 Å². The molecular formula is C31H34F3NO7S. The molecule has 1 saturated heterocycles. The summed E-state index contributed by atoms with van der Waals surface area (Å²) in [6.45, 7) is 9.91. The Balaban J connectivity index is 1.49. The van der Waals surface area contributed by atoms with Crippen molar-refractivity contribution < 1.29 is 46.5 Å². The Kier molecular flexibility index (Phi) is 9.68. The van der Waals surface area contributed by atoms with Crippen molar-refractivity contribution in [2.75, 3.05) is 19.8 Å². The van der Waals surface area contributed by atoms with Crippen LogP contribution in [0.15, 0.2) is 23.1 Å². The Morgan fingerprint density at radius 2 is 1.88 bits per heavy atom. The van der Waals surface area contributed by atoms with Crippen LogP contribution in [-0.2, 0) is 26.9 Å². The Morgan fingerprint density at radius 1 is 1.14 bits per heavy atom. The van der Waals surface area contributed by atoms with Crippen molar-refractivity contribution in [3.63, 3.8) is 0 Å². The molecule has 1 fully saturated rings. The molecular weight excluding hydrogens is 587 g/mol. The van der Waals surface area contributed by atoms with Crippen LogP contribution in [0.2, 0.25) is 0 Å². The molecule has 1 N–H and O–H groups in total. The number of thioether (sulfide) groups is 1. The van der Waals surface area contributed by atoms with E-state index < -0.39 is 28.5 Å². The first-order chi connectivity index (χ1) is 20.2. The number of nitrogens with one attached hydrogen (secondary N) is 1. The minimum absolute atomic E-state index is 0.0137. The number of hydrogen-bond donors (Lipinski definition) is 1. The number of benzene rings is 2. The largest absolute Gasteiger partial charge is 0.493 e. The molecule has 8 nitrogen and oxygen atoms in total. The maximum absolute atomic E-state index is 14.0. The third kappa shape index (κ3) is 7.46. The van der Waals surface area contributed by atoms with Crippen LogP contribution in [0.5, 0.6) is 17.2 Å². The van der Waals surface area contributed by atoms with Gasteiger partial charge in [0.15, 0.2) is 0 Å². The summed E-state index contributed by atoms with van der Waals surface area (Å²) in [5, 5.41) is 1.50. The summed E-state index contributed by atoms with van der Waals surface area (Å²) in [5.41, 5.74) is 1.87. The number of alkyl halides is 3. The van der Waals surface area contributed by atoms with Crippen molar-refractivity contribution in [1.29, 1.82) is 0 Å². The lowest BCUT2D eigenvalue weighted by atomic mass is 9.87. The monoisotopic (exact) mass is 621 g/mol. The van der Waals surface area contributed by atoms with Crippen LogP contribution in [-0.4, -0.2) is 42.5 Å². The van der Waals surface area contributed by atoms with E-state index in [-0.39, 0.29) is 35.2 Å². The predicted molar refractivity (Wildman–Crippen MR) is 155 cm³/mol. The van der Waals surface area contributed by atoms with Gasteiger partial charge < -0.3 is 18.9 Å². The molecule has 0 radical (unpaired) electrons. The zero-order chi connectivity index (χ0) is 31.5. The van der Waals surface area contributed by atoms with Gasteiger partial charge in [0, 0.05) is 12.0 Å². The van der Waals surface area contributed by atoms with Gasteiger partial charge in [0.05, 0.1) is 23.7 Å². The van der Waals surface area contributed by atoms with E-state index in [2.05, 4.69) is 5.32 Å². The lowest BCUT2D eigenvalue weighted by Crippen LogP contribution is -2.42. The summed E-state index contributed by atoms with van der Waals surface area (Å²) >= 11 is 0.628. The van der Waals surface area contributed by atoms with Gasteiger partial charge in [0.1, 0.15) is 29.5 Å². The van der Waals surface area contributed by atoms with Gasteiger partial charge in [-0.1, -0.05) is 6.07 Å². The molecule has 2 aromatic rings. The minimum atomic E-state index is -4.72. The zero-order valence-electron chi connectivity index (χ0n) is 24.7. The standard InChI is InChI=1S/C31H34F3NO7S/c1-6-39-25(36)8-7-13-40-26-17(2)18(3)27-21(19(26)4)11-12-30(5,42-27)16-41-23-10-9-20(14-22(23)31(32,33)34)15-24-28(37)35-29(38)43-24/h9-10,14-15H,6-8,11-13,16H2,1-5H3,(H,35,37,38). The number of hydrogen-bond acceptors (Lipinski definition) is 8. The van der Waals surface area contributed by atoms with Crippen LogP contribution >= 0.6 is 11.8 Å². The Morgan fingerprint density at radius 3 is 2.53 bits per heavy atom. The average Bonchev–Trinajstić information content (AvgIpc) is 3.26. The molecule has 4 rings (SSSR count). The SMILES string of the molecule is CCOC(=O)CCCOc1c(C)c(C)c2c(c1C)CCC(C)(COc1ccc(C=C3SC(=O)NC3=O)cc1C(F)(F)F)O2. The van der Waals surface area contributed by atoms with Gasteiger partial charge >= 0.3 is 12.1 Å². The van der Waals surface area contributed by atoms with Crippen LogP contribution in [0.25, 0.3) is 6.08 Å². The number of halogens is 3. The maximum atomic E-state index is 14.0. The summed E-state index contributed by atoms with van der Waals surface area (Å²) < 4.78 is 65.2. The molecule has 0 aromatic heterocycles. The van der Waals surface area contributed by atoms with Crippen molar-refractivity contribution in [1.82, 2.24) is 5.32 Å². The molecule has 2 aromatic carbocycles. The molecule has 2 heterocycles. The number of fused-ring (bicyclic) bond motifs is 1. The second-order valence-corrected chi connectivity index (χ2v) is 11.7. The summed E-state index contributed by atoms with van der Waals surface area (Å²) in [6.07, 6.45) is -1.59. The number of rotatable bonds is 10. The number of carbonyl (C=O) groups is 3. The fraction of sp³-hybridized carbons (Fsp3) is 0.452. The van der Waals surface area contributed by atoms with E-state index in [0.717, 1.165) is 34.1 Å². The van der Waals surface area contributed by atoms with Gasteiger partial charge in [-0.2, -0.15) is 13.2 Å². The molecule has 0 saturated carbocycles. The summed E-state index contributed by atoms with van der Waals surface area (Å²) in [7, 11) is 0. The first-order valence-electron chi connectivity index (χ1n) is 13.9. The summed E-state index contributed by atoms with van der Waals surface area (Å²) in [6, 6.07) is 3.50. The van der Waals surface area contributed by atoms with Gasteiger partial charge in [-0.3, -0.25) is 19.7 Å². The van der Waals surface area contributed by atoms with E-state index in [1.165, 1.54) is 18.2 Å². The molecule has 2 aliphatic heterocycles. The van der Waals surface area contributed by atoms with Crippen molar-refractivity contribution in [2.24, 2.45) is 0 Å². The van der Waals surface area contributed by atoms with Gasteiger partial charge in [0.2, 0.25) is 0 Å². The molecule has 0 spiro atoms. The maximum Gasteiger partial charge on any atom is 0.419 e. The van der Waals surface area contributed by atoms with Crippen LogP contribution in [0.3, 0.4) is 0 Å². The second-order valence-electron chi connectivity index (χ2n) is 10.7. The second kappa shape index (κ2) is 12.9. The first-order valence-corrected chi connectivity index (χ1v) is 14.7. The van der Waals surface area contributed by atoms with Crippen molar-refractivity contribution in [3.8, 4) is 17.2 Å². The van der Waals surface area contributed by atoms with E-state index in [1.54, 1.807) is 13.8 Å². The molecule has 2 amide bonds. The Labute approximate surface area is 252 Å². The van der Waals surface area contributed by atoms with Crippen LogP contribution in [0, 0.1) is 20.8 Å². The summed E-state index contributed by atoms with van der Waals surface area (Å²) in [5.74, 6) is 0.138. The van der Waals surface area contributed by atoms with Gasteiger partial charge in [-0.25, -0.2) is 0 Å². The van der Waals surface area contributed by atoms with E-state index in [0.29, 0.717) is 50.0 Å². The summed E-state index contributed by atoms with van der Waals surface area (Å²) in [4.78, 5) is 34.9. The normalized spacial score (nSPS) is 19.1. The van der Waals surface area contributed by atoms with Crippen molar-refractivity contribution in [3.05, 3.63) is 56.5 Å². The molecule has 12 heteroatoms. The van der Waals surface area contributed by atoms with E-state index in [9.17, 15) is 27.6 Å². The predicted octanol–water partition coefficient (Wildman–Crippen LogP) is 6.84. The number of carbonyl (C=O) groups excluding carboxylic acids is 3. The Hall–Kier alpha value is -3.67. The van der Waals surface area contributed by atoms with E-state index >= 15 is 0 Å². The minimum Gasteiger partial charge on any atom is -0.493 e. The van der Waals surface area contributed by atoms with Gasteiger partial charge in [-0.15, -0.1) is 0 Å². The van der Waals surface area contributed by atoms with E-state index in [4.69, 9.17) is 18.9 Å². The highest BCUT2D eigenvalue weighted by atomic mass is 32.2. The fourth-order valence-corrected chi connectivity index (χ4v) is 5.69. The number of ether oxygens (including phenoxy) is 4. The highest BCUT2D eigenvalue weighted by Gasteiger charge is 2.38. The van der Waals surface area contributed by atoms with Crippen LogP contribution < -0.4 is 19.5 Å². The lowest BCUT2D eigenvalue weighted by Gasteiger charge is -2.38. The molecule has 2 aliphatic rings. The molecule has 232 valence electrons. The molecule has 43 heavy (non-hydrogen) atoms. The highest BCUT2D eigenvalue weighted by molar-refractivity contribution is 8.18. The molecule has 1 atom stereocenters. The number of imide groups is 1. The molecule has 0 bridgehead atoms. The van der Waals surface area contributed by atoms with Gasteiger partial charge in [0.25, 0.3) is 11.1 Å².